The van der Waals surface area contributed by atoms with Gasteiger partial charge in [0.2, 0.25) is 10.0 Å². The van der Waals surface area contributed by atoms with Crippen LogP contribution in [0.15, 0.2) is 16.3 Å². The Morgan fingerprint density at radius 2 is 2.05 bits per heavy atom. The van der Waals surface area contributed by atoms with E-state index in [1.807, 2.05) is 6.92 Å². The molecule has 0 amide bonds. The van der Waals surface area contributed by atoms with Crippen LogP contribution in [0.25, 0.3) is 0 Å². The summed E-state index contributed by atoms with van der Waals surface area (Å²) in [6.45, 7) is 2.26. The molecule has 0 aliphatic rings. The fourth-order valence-corrected chi connectivity index (χ4v) is 3.91. The van der Waals surface area contributed by atoms with Crippen LogP contribution in [0.5, 0.6) is 0 Å². The Morgan fingerprint density at radius 1 is 1.32 bits per heavy atom. The third kappa shape index (κ3) is 5.71. The first-order valence-corrected chi connectivity index (χ1v) is 8.38. The average molecular weight is 305 g/mol. The normalized spacial score (nSPS) is 11.5. The number of sulfonamides is 1. The van der Waals surface area contributed by atoms with Gasteiger partial charge in [0, 0.05) is 17.8 Å². The fraction of sp³-hybridized carbons (Fsp3) is 0.583. The molecule has 0 saturated carbocycles. The molecule has 0 atom stereocenters. The number of aryl methyl sites for hydroxylation is 1. The van der Waals surface area contributed by atoms with Crippen molar-refractivity contribution in [1.29, 1.82) is 0 Å². The molecule has 0 saturated heterocycles. The van der Waals surface area contributed by atoms with E-state index in [2.05, 4.69) is 9.46 Å². The molecule has 0 unspecified atom stereocenters. The van der Waals surface area contributed by atoms with Crippen molar-refractivity contribution in [2.75, 3.05) is 13.7 Å². The highest BCUT2D eigenvalue weighted by atomic mass is 32.2. The van der Waals surface area contributed by atoms with Crippen LogP contribution in [-0.4, -0.2) is 28.0 Å². The number of methoxy groups -OCH3 is 1. The number of esters is 1. The highest BCUT2D eigenvalue weighted by Crippen LogP contribution is 2.20. The van der Waals surface area contributed by atoms with Gasteiger partial charge in [-0.2, -0.15) is 0 Å². The third-order valence-electron chi connectivity index (χ3n) is 2.56. The minimum atomic E-state index is -3.37. The summed E-state index contributed by atoms with van der Waals surface area (Å²) in [6, 6.07) is 3.40. The van der Waals surface area contributed by atoms with Gasteiger partial charge in [0.05, 0.1) is 7.11 Å². The highest BCUT2D eigenvalue weighted by Gasteiger charge is 2.14. The number of rotatable bonds is 8. The van der Waals surface area contributed by atoms with Crippen LogP contribution in [0.3, 0.4) is 0 Å². The molecule has 1 aromatic heterocycles. The number of unbranched alkanes of at least 4 members (excludes halogenated alkanes) is 2. The second-order valence-electron chi connectivity index (χ2n) is 4.15. The molecule has 0 fully saturated rings. The zero-order chi connectivity index (χ0) is 14.3. The van der Waals surface area contributed by atoms with Crippen molar-refractivity contribution in [1.82, 2.24) is 4.72 Å². The number of carbonyl (C=O) groups is 1. The number of hydrogen-bond acceptors (Lipinski definition) is 5. The molecular formula is C12H19NO4S2. The summed E-state index contributed by atoms with van der Waals surface area (Å²) in [5.41, 5.74) is 0. The van der Waals surface area contributed by atoms with Gasteiger partial charge in [0.25, 0.3) is 0 Å². The summed E-state index contributed by atoms with van der Waals surface area (Å²) in [5, 5.41) is 0. The van der Waals surface area contributed by atoms with Gasteiger partial charge in [-0.3, -0.25) is 4.79 Å². The fourth-order valence-electron chi connectivity index (χ4n) is 1.51. The molecule has 0 radical (unpaired) electrons. The molecule has 1 rings (SSSR count). The van der Waals surface area contributed by atoms with Gasteiger partial charge in [-0.25, -0.2) is 13.1 Å². The van der Waals surface area contributed by atoms with Crippen molar-refractivity contribution in [3.8, 4) is 0 Å². The van der Waals surface area contributed by atoms with Crippen LogP contribution in [0.2, 0.25) is 0 Å². The summed E-state index contributed by atoms with van der Waals surface area (Å²) in [6.07, 6.45) is 2.60. The first-order valence-electron chi connectivity index (χ1n) is 6.08. The van der Waals surface area contributed by atoms with Crippen LogP contribution in [-0.2, 0) is 19.6 Å². The Balaban J connectivity index is 2.24. The molecule has 0 spiro atoms. The zero-order valence-corrected chi connectivity index (χ0v) is 12.8. The minimum Gasteiger partial charge on any atom is -0.469 e. The van der Waals surface area contributed by atoms with Gasteiger partial charge in [0.15, 0.2) is 0 Å². The molecule has 1 N–H and O–H groups in total. The minimum absolute atomic E-state index is 0.227. The molecule has 0 aliphatic heterocycles. The van der Waals surface area contributed by atoms with Gasteiger partial charge in [-0.05, 0) is 31.9 Å². The van der Waals surface area contributed by atoms with Crippen LogP contribution in [0.1, 0.15) is 30.6 Å². The van der Waals surface area contributed by atoms with Crippen molar-refractivity contribution < 1.29 is 17.9 Å². The van der Waals surface area contributed by atoms with Crippen LogP contribution in [0.4, 0.5) is 0 Å². The SMILES string of the molecule is COC(=O)CCCCCNS(=O)(=O)c1ccc(C)s1. The molecule has 108 valence electrons. The summed E-state index contributed by atoms with van der Waals surface area (Å²) in [5.74, 6) is -0.227. The summed E-state index contributed by atoms with van der Waals surface area (Å²) >= 11 is 1.26. The Hall–Kier alpha value is -0.920. The van der Waals surface area contributed by atoms with E-state index < -0.39 is 10.0 Å². The predicted octanol–water partition coefficient (Wildman–Crippen LogP) is 2.07. The number of carbonyl (C=O) groups excluding carboxylic acids is 1. The Labute approximate surface area is 118 Å². The van der Waals surface area contributed by atoms with Crippen LogP contribution < -0.4 is 4.72 Å². The van der Waals surface area contributed by atoms with E-state index in [-0.39, 0.29) is 5.97 Å². The summed E-state index contributed by atoms with van der Waals surface area (Å²) < 4.78 is 31.1. The van der Waals surface area contributed by atoms with Gasteiger partial charge in [-0.15, -0.1) is 11.3 Å². The summed E-state index contributed by atoms with van der Waals surface area (Å²) in [4.78, 5) is 11.8. The van der Waals surface area contributed by atoms with E-state index in [1.54, 1.807) is 12.1 Å². The first-order chi connectivity index (χ1) is 8.95. The maximum absolute atomic E-state index is 11.9. The van der Waals surface area contributed by atoms with Crippen molar-refractivity contribution >= 4 is 27.3 Å². The molecule has 19 heavy (non-hydrogen) atoms. The van der Waals surface area contributed by atoms with Crippen LogP contribution >= 0.6 is 11.3 Å². The van der Waals surface area contributed by atoms with Gasteiger partial charge < -0.3 is 4.74 Å². The molecule has 1 aromatic rings. The van der Waals surface area contributed by atoms with Crippen LogP contribution in [0, 0.1) is 6.92 Å². The predicted molar refractivity (Wildman–Crippen MR) is 74.7 cm³/mol. The lowest BCUT2D eigenvalue weighted by Gasteiger charge is -2.04. The zero-order valence-electron chi connectivity index (χ0n) is 11.1. The van der Waals surface area contributed by atoms with E-state index in [1.165, 1.54) is 18.4 Å². The molecular weight excluding hydrogens is 286 g/mol. The smallest absolute Gasteiger partial charge is 0.305 e. The lowest BCUT2D eigenvalue weighted by Crippen LogP contribution is -2.24. The maximum atomic E-state index is 11.9. The molecule has 7 heteroatoms. The second-order valence-corrected chi connectivity index (χ2v) is 7.43. The van der Waals surface area contributed by atoms with Crippen molar-refractivity contribution in [3.05, 3.63) is 17.0 Å². The lowest BCUT2D eigenvalue weighted by molar-refractivity contribution is -0.140. The van der Waals surface area contributed by atoms with Crippen molar-refractivity contribution in [3.63, 3.8) is 0 Å². The number of nitrogens with one attached hydrogen (secondary N) is 1. The van der Waals surface area contributed by atoms with E-state index in [0.717, 1.165) is 11.3 Å². The number of ether oxygens (including phenoxy) is 1. The first kappa shape index (κ1) is 16.1. The van der Waals surface area contributed by atoms with E-state index >= 15 is 0 Å². The number of thiophene rings is 1. The van der Waals surface area contributed by atoms with E-state index in [9.17, 15) is 13.2 Å². The Morgan fingerprint density at radius 3 is 2.63 bits per heavy atom. The van der Waals surface area contributed by atoms with E-state index in [0.29, 0.717) is 30.0 Å². The largest absolute Gasteiger partial charge is 0.469 e. The molecule has 0 bridgehead atoms. The standard InChI is InChI=1S/C12H19NO4S2/c1-10-7-8-12(18-10)19(15,16)13-9-5-3-4-6-11(14)17-2/h7-8,13H,3-6,9H2,1-2H3. The average Bonchev–Trinajstić information content (AvgIpc) is 2.80. The Bertz CT molecular complexity index is 508. The lowest BCUT2D eigenvalue weighted by atomic mass is 10.2. The van der Waals surface area contributed by atoms with Crippen molar-refractivity contribution in [2.45, 2.75) is 36.8 Å². The molecule has 1 heterocycles. The molecule has 0 aliphatic carbocycles. The second kappa shape index (κ2) is 7.62. The quantitative estimate of drug-likeness (QED) is 0.589. The molecule has 5 nitrogen and oxygen atoms in total. The monoisotopic (exact) mass is 305 g/mol. The Kier molecular flexibility index (Phi) is 6.47. The van der Waals surface area contributed by atoms with E-state index in [4.69, 9.17) is 0 Å². The third-order valence-corrected chi connectivity index (χ3v) is 5.51. The van der Waals surface area contributed by atoms with Gasteiger partial charge in [-0.1, -0.05) is 6.42 Å². The maximum Gasteiger partial charge on any atom is 0.305 e. The summed E-state index contributed by atoms with van der Waals surface area (Å²) in [7, 11) is -2.01. The molecule has 0 aromatic carbocycles. The highest BCUT2D eigenvalue weighted by molar-refractivity contribution is 7.91. The van der Waals surface area contributed by atoms with Gasteiger partial charge >= 0.3 is 5.97 Å². The number of hydrogen-bond donors (Lipinski definition) is 1. The topological polar surface area (TPSA) is 72.5 Å². The van der Waals surface area contributed by atoms with Crippen molar-refractivity contribution in [2.24, 2.45) is 0 Å². The van der Waals surface area contributed by atoms with Gasteiger partial charge in [0.1, 0.15) is 4.21 Å².